The summed E-state index contributed by atoms with van der Waals surface area (Å²) in [5, 5.41) is 5.10. The van der Waals surface area contributed by atoms with Crippen LogP contribution in [0.5, 0.6) is 0 Å². The van der Waals surface area contributed by atoms with Crippen molar-refractivity contribution >= 4 is 16.7 Å². The number of rotatable bonds is 6. The van der Waals surface area contributed by atoms with Crippen molar-refractivity contribution < 1.29 is 4.79 Å². The molecule has 1 amide bonds. The summed E-state index contributed by atoms with van der Waals surface area (Å²) >= 11 is 0. The predicted molar refractivity (Wildman–Crippen MR) is 106 cm³/mol. The van der Waals surface area contributed by atoms with Crippen LogP contribution in [0.25, 0.3) is 10.8 Å². The van der Waals surface area contributed by atoms with E-state index in [9.17, 15) is 14.4 Å². The van der Waals surface area contributed by atoms with E-state index in [0.29, 0.717) is 25.1 Å². The van der Waals surface area contributed by atoms with Gasteiger partial charge in [-0.1, -0.05) is 54.6 Å². The van der Waals surface area contributed by atoms with E-state index in [1.807, 2.05) is 42.5 Å². The van der Waals surface area contributed by atoms with E-state index >= 15 is 0 Å². The Hall–Kier alpha value is -3.41. The third-order valence-corrected chi connectivity index (χ3v) is 4.25. The summed E-state index contributed by atoms with van der Waals surface area (Å²) in [4.78, 5) is 37.3. The number of hydrogen-bond acceptors (Lipinski definition) is 3. The van der Waals surface area contributed by atoms with Gasteiger partial charge in [-0.25, -0.2) is 4.79 Å². The molecule has 0 fully saturated rings. The zero-order valence-corrected chi connectivity index (χ0v) is 15.1. The van der Waals surface area contributed by atoms with Gasteiger partial charge >= 0.3 is 5.69 Å². The second-order valence-electron chi connectivity index (χ2n) is 6.36. The van der Waals surface area contributed by atoms with Crippen molar-refractivity contribution in [3.63, 3.8) is 0 Å². The average molecular weight is 363 g/mol. The third-order valence-electron chi connectivity index (χ3n) is 4.25. The quantitative estimate of drug-likeness (QED) is 0.656. The molecule has 6 nitrogen and oxygen atoms in total. The first-order valence-corrected chi connectivity index (χ1v) is 8.72. The Morgan fingerprint density at radius 3 is 2.70 bits per heavy atom. The zero-order valence-electron chi connectivity index (χ0n) is 15.1. The Labute approximate surface area is 156 Å². The number of nitrogens with one attached hydrogen (secondary N) is 2. The molecule has 0 radical (unpaired) electrons. The highest BCUT2D eigenvalue weighted by atomic mass is 16.2. The molecule has 3 rings (SSSR count). The Morgan fingerprint density at radius 2 is 1.89 bits per heavy atom. The molecule has 6 heteroatoms. The summed E-state index contributed by atoms with van der Waals surface area (Å²) < 4.78 is 1.41. The second-order valence-corrected chi connectivity index (χ2v) is 6.36. The van der Waals surface area contributed by atoms with E-state index in [1.54, 1.807) is 19.1 Å². The normalized spacial score (nSPS) is 11.1. The molecule has 0 aliphatic carbocycles. The first-order chi connectivity index (χ1) is 13.0. The van der Waals surface area contributed by atoms with E-state index in [-0.39, 0.29) is 11.5 Å². The number of H-pyrrole nitrogens is 1. The molecule has 27 heavy (non-hydrogen) atoms. The van der Waals surface area contributed by atoms with E-state index in [2.05, 4.69) is 10.3 Å². The number of benzene rings is 2. The molecule has 0 saturated carbocycles. The number of carbonyl (C=O) groups is 1. The molecule has 1 aromatic heterocycles. The number of fused-ring (bicyclic) bond motifs is 1. The molecule has 0 unspecified atom stereocenters. The van der Waals surface area contributed by atoms with Gasteiger partial charge in [-0.2, -0.15) is 0 Å². The summed E-state index contributed by atoms with van der Waals surface area (Å²) in [6.45, 7) is 2.35. The Bertz CT molecular complexity index is 1110. The summed E-state index contributed by atoms with van der Waals surface area (Å²) in [6.07, 6.45) is 5.39. The highest BCUT2D eigenvalue weighted by Crippen LogP contribution is 2.15. The van der Waals surface area contributed by atoms with E-state index in [0.717, 1.165) is 16.3 Å². The summed E-state index contributed by atoms with van der Waals surface area (Å²) in [6, 6.07) is 14.0. The molecule has 3 aromatic rings. The average Bonchev–Trinajstić information content (AvgIpc) is 2.65. The molecule has 2 N–H and O–H groups in total. The van der Waals surface area contributed by atoms with Gasteiger partial charge in [-0.3, -0.25) is 19.1 Å². The van der Waals surface area contributed by atoms with Crippen LogP contribution in [0.4, 0.5) is 0 Å². The monoisotopic (exact) mass is 363 g/mol. The Balaban J connectivity index is 1.50. The van der Waals surface area contributed by atoms with Crippen molar-refractivity contribution in [3.05, 3.63) is 92.8 Å². The van der Waals surface area contributed by atoms with Crippen LogP contribution in [0, 0.1) is 6.92 Å². The molecule has 0 atom stereocenters. The smallest absolute Gasteiger partial charge is 0.328 e. The van der Waals surface area contributed by atoms with Gasteiger partial charge in [0.2, 0.25) is 5.91 Å². The standard InChI is InChI=1S/C21H21N3O3/c1-15-14-24(21(27)23-20(15)26)11-5-4-10-22-19(25)13-16-8-9-17-6-2-3-7-18(17)12-16/h2-9,12,14H,10-11,13H2,1H3,(H,22,25)(H,23,26,27)/b5-4-. The highest BCUT2D eigenvalue weighted by molar-refractivity contribution is 5.85. The molecule has 138 valence electrons. The lowest BCUT2D eigenvalue weighted by atomic mass is 10.1. The van der Waals surface area contributed by atoms with Crippen molar-refractivity contribution in [2.75, 3.05) is 6.54 Å². The number of nitrogens with zero attached hydrogens (tertiary/aromatic N) is 1. The minimum absolute atomic E-state index is 0.0630. The van der Waals surface area contributed by atoms with Gasteiger partial charge in [0.15, 0.2) is 0 Å². The number of hydrogen-bond donors (Lipinski definition) is 2. The fourth-order valence-corrected chi connectivity index (χ4v) is 2.79. The van der Waals surface area contributed by atoms with Crippen LogP contribution in [0.1, 0.15) is 11.1 Å². The maximum absolute atomic E-state index is 12.1. The molecule has 1 heterocycles. The number of aromatic nitrogens is 2. The second kappa shape index (κ2) is 8.31. The van der Waals surface area contributed by atoms with Crippen LogP contribution in [0.15, 0.2) is 70.4 Å². The molecular weight excluding hydrogens is 342 g/mol. The zero-order chi connectivity index (χ0) is 19.2. The SMILES string of the molecule is Cc1cn(C/C=C\CNC(=O)Cc2ccc3ccccc3c2)c(=O)[nH]c1=O. The van der Waals surface area contributed by atoms with Gasteiger partial charge in [-0.15, -0.1) is 0 Å². The van der Waals surface area contributed by atoms with Crippen LogP contribution in [-0.2, 0) is 17.8 Å². The lowest BCUT2D eigenvalue weighted by molar-refractivity contribution is -0.120. The number of allylic oxidation sites excluding steroid dienone is 1. The van der Waals surface area contributed by atoms with Gasteiger partial charge in [0.1, 0.15) is 0 Å². The van der Waals surface area contributed by atoms with Crippen molar-refractivity contribution in [2.45, 2.75) is 19.9 Å². The predicted octanol–water partition coefficient (Wildman–Crippen LogP) is 1.91. The van der Waals surface area contributed by atoms with Gasteiger partial charge in [0.25, 0.3) is 5.56 Å². The number of amides is 1. The fraction of sp³-hybridized carbons (Fsp3) is 0.190. The summed E-state index contributed by atoms with van der Waals surface area (Å²) in [5.41, 5.74) is 0.619. The van der Waals surface area contributed by atoms with Crippen molar-refractivity contribution in [1.82, 2.24) is 14.9 Å². The van der Waals surface area contributed by atoms with Crippen LogP contribution in [0.3, 0.4) is 0 Å². The van der Waals surface area contributed by atoms with E-state index < -0.39 is 5.69 Å². The maximum atomic E-state index is 12.1. The van der Waals surface area contributed by atoms with Crippen LogP contribution in [0.2, 0.25) is 0 Å². The molecule has 2 aromatic carbocycles. The first kappa shape index (κ1) is 18.4. The molecule has 0 aliphatic rings. The summed E-state index contributed by atoms with van der Waals surface area (Å²) in [7, 11) is 0. The van der Waals surface area contributed by atoms with Crippen LogP contribution in [-0.4, -0.2) is 22.0 Å². The fourth-order valence-electron chi connectivity index (χ4n) is 2.79. The molecule has 0 bridgehead atoms. The minimum Gasteiger partial charge on any atom is -0.352 e. The minimum atomic E-state index is -0.449. The van der Waals surface area contributed by atoms with Crippen molar-refractivity contribution in [3.8, 4) is 0 Å². The Morgan fingerprint density at radius 1 is 1.11 bits per heavy atom. The molecule has 0 spiro atoms. The number of aryl methyl sites for hydroxylation is 1. The lowest BCUT2D eigenvalue weighted by Crippen LogP contribution is -2.30. The van der Waals surface area contributed by atoms with Gasteiger partial charge in [-0.05, 0) is 23.3 Å². The number of carbonyl (C=O) groups excluding carboxylic acids is 1. The van der Waals surface area contributed by atoms with Crippen LogP contribution >= 0.6 is 0 Å². The molecule has 0 aliphatic heterocycles. The maximum Gasteiger partial charge on any atom is 0.328 e. The Kier molecular flexibility index (Phi) is 5.66. The molecular formula is C21H21N3O3. The number of aromatic amines is 1. The van der Waals surface area contributed by atoms with Gasteiger partial charge in [0, 0.05) is 24.8 Å². The van der Waals surface area contributed by atoms with Crippen LogP contribution < -0.4 is 16.6 Å². The largest absolute Gasteiger partial charge is 0.352 e. The van der Waals surface area contributed by atoms with E-state index in [4.69, 9.17) is 0 Å². The lowest BCUT2D eigenvalue weighted by Gasteiger charge is -2.05. The first-order valence-electron chi connectivity index (χ1n) is 8.72. The highest BCUT2D eigenvalue weighted by Gasteiger charge is 2.03. The topological polar surface area (TPSA) is 84.0 Å². The van der Waals surface area contributed by atoms with Crippen molar-refractivity contribution in [1.29, 1.82) is 0 Å². The third kappa shape index (κ3) is 4.82. The van der Waals surface area contributed by atoms with Crippen molar-refractivity contribution in [2.24, 2.45) is 0 Å². The summed E-state index contributed by atoms with van der Waals surface area (Å²) in [5.74, 6) is -0.0630. The van der Waals surface area contributed by atoms with Gasteiger partial charge in [0.05, 0.1) is 6.42 Å². The molecule has 0 saturated heterocycles. The van der Waals surface area contributed by atoms with E-state index in [1.165, 1.54) is 10.8 Å². The van der Waals surface area contributed by atoms with Gasteiger partial charge < -0.3 is 5.32 Å².